The van der Waals surface area contributed by atoms with E-state index in [-0.39, 0.29) is 222 Å². The molecule has 0 spiro atoms. The van der Waals surface area contributed by atoms with Crippen LogP contribution in [0, 0.1) is 0 Å². The van der Waals surface area contributed by atoms with Gasteiger partial charge in [0.2, 0.25) is 47.3 Å². The van der Waals surface area contributed by atoms with Gasteiger partial charge in [-0.3, -0.25) is 93.4 Å². The van der Waals surface area contributed by atoms with Gasteiger partial charge in [-0.25, -0.2) is 4.79 Å². The van der Waals surface area contributed by atoms with E-state index >= 15 is 0 Å². The van der Waals surface area contributed by atoms with E-state index in [4.69, 9.17) is 109 Å². The third-order valence-corrected chi connectivity index (χ3v) is 14.2. The van der Waals surface area contributed by atoms with Crippen LogP contribution in [-0.4, -0.2) is 231 Å². The predicted molar refractivity (Wildman–Crippen MR) is 389 cm³/mol. The molecule has 0 fully saturated rings. The molecule has 0 aromatic heterocycles. The number of hydrogen-bond acceptors (Lipinski definition) is 20. The van der Waals surface area contributed by atoms with Crippen LogP contribution < -0.4 is 157 Å². The zero-order valence-electron chi connectivity index (χ0n) is 57.8. The first-order valence-electron chi connectivity index (χ1n) is 32.7. The van der Waals surface area contributed by atoms with E-state index in [2.05, 4.69) is 87.5 Å². The number of amides is 10. The van der Waals surface area contributed by atoms with Crippen molar-refractivity contribution in [1.82, 2.24) is 47.9 Å². The van der Waals surface area contributed by atoms with Crippen LogP contribution >= 0.6 is 0 Å². The highest BCUT2D eigenvalue weighted by Crippen LogP contribution is 2.12. The van der Waals surface area contributed by atoms with Crippen molar-refractivity contribution in [2.45, 2.75) is 170 Å². The minimum absolute atomic E-state index is 0.00273. The first kappa shape index (κ1) is 91.1. The second-order valence-electron chi connectivity index (χ2n) is 22.9. The van der Waals surface area contributed by atoms with Crippen molar-refractivity contribution in [2.75, 3.05) is 58.9 Å². The largest absolute Gasteiger partial charge is 0.465 e. The molecule has 0 bridgehead atoms. The SMILES string of the molecule is NC(N)=NCCCC(N)C(=O)NC(CCCN=C(N)N)C(=O)NC(CCCN=C(N)N)C(=O)NC(CCCN=C(N)N)C(=O)NC(CCCN=C(N)N)C(=O)NC(CCCN=C(N)N)C(=O)NC(CCCN=C(N)N)C(=O)NC(CCCN=C(N)N)C(=O)NC(CCCN=C(N)N)C(=O)NC(=O)O. The molecular weight excluding hydrogens is 1350 g/mol. The van der Waals surface area contributed by atoms with Crippen molar-refractivity contribution in [2.24, 2.45) is 154 Å². The molecule has 10 amide bonds. The molecule has 48 nitrogen and oxygen atoms in total. The third-order valence-electron chi connectivity index (χ3n) is 14.2. The Morgan fingerprint density at radius 2 is 0.359 bits per heavy atom. The normalized spacial score (nSPS) is 13.2. The highest BCUT2D eigenvalue weighted by molar-refractivity contribution is 6.00. The molecule has 9 atom stereocenters. The van der Waals surface area contributed by atoms with E-state index < -0.39 is 114 Å². The Morgan fingerprint density at radius 1 is 0.223 bits per heavy atom. The number of aliphatic imine (C=N–C) groups is 9. The second-order valence-corrected chi connectivity index (χ2v) is 22.9. The predicted octanol–water partition coefficient (Wildman–Crippen LogP) is -13.5. The molecular formula is C55H111N37O11. The van der Waals surface area contributed by atoms with E-state index in [0.29, 0.717) is 6.42 Å². The Bertz CT molecular complexity index is 2980. The Kier molecular flexibility index (Phi) is 46.1. The average molecular weight is 1470 g/mol. The van der Waals surface area contributed by atoms with Crippen molar-refractivity contribution < 1.29 is 53.1 Å². The molecule has 0 heterocycles. The number of nitrogens with two attached hydrogens (primary N) is 19. The number of rotatable bonds is 53. The number of imide groups is 1. The topological polar surface area (TPSA) is 905 Å². The van der Waals surface area contributed by atoms with Gasteiger partial charge in [0.15, 0.2) is 53.6 Å². The third kappa shape index (κ3) is 46.1. The lowest BCUT2D eigenvalue weighted by molar-refractivity contribution is -0.136. The van der Waals surface area contributed by atoms with Crippen molar-refractivity contribution >= 4 is 113 Å². The Morgan fingerprint density at radius 3 is 0.505 bits per heavy atom. The van der Waals surface area contributed by atoms with Crippen molar-refractivity contribution in [1.29, 1.82) is 0 Å². The summed E-state index contributed by atoms with van der Waals surface area (Å²) >= 11 is 0. The standard InChI is InChI=1S/C55H111N37O11/c56-28(10-1-19-75-46(57)58)37(93)84-29(11-2-20-76-47(59)60)38(94)85-30(12-3-21-77-48(61)62)39(95)86-31(13-4-22-78-49(63)64)40(96)87-32(14-5-23-79-50(65)66)41(97)88-33(15-6-24-80-51(67)68)42(98)89-34(16-7-25-81-52(69)70)43(99)90-35(17-8-26-82-53(71)72)44(100)91-36(45(101)92-55(102)103)18-9-27-83-54(73)74/h28-36H,1-27,56H2,(H,84,93)(H,85,94)(H,86,95)(H,87,96)(H,88,97)(H,89,98)(H,90,99)(H,91,100)(H,92,101)(H,102,103)(H4,57,58,75)(H4,59,60,76)(H4,61,62,77)(H4,63,64,78)(H4,65,66,79)(H4,67,68,80)(H4,69,70,81)(H4,71,72,82)(H4,73,74,83). The fourth-order valence-corrected chi connectivity index (χ4v) is 9.21. The zero-order chi connectivity index (χ0) is 78.0. The number of carbonyl (C=O) groups excluding carboxylic acids is 9. The molecule has 582 valence electrons. The molecule has 0 aliphatic carbocycles. The summed E-state index contributed by atoms with van der Waals surface area (Å²) in [7, 11) is 0. The van der Waals surface area contributed by atoms with E-state index in [1.165, 1.54) is 0 Å². The monoisotopic (exact) mass is 1470 g/mol. The maximum Gasteiger partial charge on any atom is 0.411 e. The van der Waals surface area contributed by atoms with Gasteiger partial charge in [-0.05, 0) is 116 Å². The Hall–Kier alpha value is -11.9. The van der Waals surface area contributed by atoms with Gasteiger partial charge in [-0.15, -0.1) is 0 Å². The van der Waals surface area contributed by atoms with Gasteiger partial charge in [0.05, 0.1) is 6.04 Å². The van der Waals surface area contributed by atoms with Gasteiger partial charge in [0, 0.05) is 58.9 Å². The minimum atomic E-state index is -1.74. The first-order chi connectivity index (χ1) is 48.5. The zero-order valence-corrected chi connectivity index (χ0v) is 57.8. The molecule has 0 aromatic rings. The summed E-state index contributed by atoms with van der Waals surface area (Å²) in [6.45, 7) is -0.291. The molecule has 103 heavy (non-hydrogen) atoms. The maximum absolute atomic E-state index is 14.9. The lowest BCUT2D eigenvalue weighted by atomic mass is 10.0. The molecule has 0 radical (unpaired) electrons. The number of carboxylic acid groups (broad SMARTS) is 1. The summed E-state index contributed by atoms with van der Waals surface area (Å²) in [4.78, 5) is 176. The van der Waals surface area contributed by atoms with E-state index in [9.17, 15) is 53.1 Å². The van der Waals surface area contributed by atoms with E-state index in [1.807, 2.05) is 0 Å². The van der Waals surface area contributed by atoms with E-state index in [1.54, 1.807) is 5.32 Å². The molecule has 0 saturated heterocycles. The van der Waals surface area contributed by atoms with Gasteiger partial charge in [0.25, 0.3) is 5.91 Å². The molecule has 0 aliphatic heterocycles. The molecule has 48 heteroatoms. The highest BCUT2D eigenvalue weighted by Gasteiger charge is 2.35. The van der Waals surface area contributed by atoms with Crippen LogP contribution in [0.4, 0.5) is 4.79 Å². The molecule has 9 unspecified atom stereocenters. The van der Waals surface area contributed by atoms with Crippen molar-refractivity contribution in [3.63, 3.8) is 0 Å². The number of hydrogen-bond donors (Lipinski definition) is 29. The smallest absolute Gasteiger partial charge is 0.411 e. The molecule has 0 aliphatic rings. The van der Waals surface area contributed by atoms with Crippen molar-refractivity contribution in [3.05, 3.63) is 0 Å². The van der Waals surface area contributed by atoms with Crippen LogP contribution in [0.1, 0.15) is 116 Å². The van der Waals surface area contributed by atoms with E-state index in [0.717, 1.165) is 0 Å². The van der Waals surface area contributed by atoms with Gasteiger partial charge in [-0.2, -0.15) is 0 Å². The van der Waals surface area contributed by atoms with Crippen LogP contribution in [0.2, 0.25) is 0 Å². The number of guanidine groups is 9. The minimum Gasteiger partial charge on any atom is -0.465 e. The number of nitrogens with zero attached hydrogens (tertiary/aromatic N) is 9. The summed E-state index contributed by atoms with van der Waals surface area (Å²) in [5, 5.41) is 31.8. The molecule has 0 aromatic carbocycles. The van der Waals surface area contributed by atoms with Crippen LogP contribution in [0.5, 0.6) is 0 Å². The summed E-state index contributed by atoms with van der Waals surface area (Å²) < 4.78 is 0. The fourth-order valence-electron chi connectivity index (χ4n) is 9.21. The Labute approximate surface area is 594 Å². The highest BCUT2D eigenvalue weighted by atomic mass is 16.4. The maximum atomic E-state index is 14.9. The second kappa shape index (κ2) is 52.2. The van der Waals surface area contributed by atoms with Gasteiger partial charge in [0.1, 0.15) is 48.3 Å². The van der Waals surface area contributed by atoms with Crippen molar-refractivity contribution in [3.8, 4) is 0 Å². The fraction of sp³-hybridized carbons (Fsp3) is 0.655. The van der Waals surface area contributed by atoms with Gasteiger partial charge < -0.3 is 157 Å². The van der Waals surface area contributed by atoms with Crippen LogP contribution in [-0.2, 0) is 43.2 Å². The van der Waals surface area contributed by atoms with Gasteiger partial charge in [-0.1, -0.05) is 0 Å². The number of nitrogens with one attached hydrogen (secondary N) is 9. The molecule has 48 N–H and O–H groups in total. The Balaban J connectivity index is 7.85. The lowest BCUT2D eigenvalue weighted by Crippen LogP contribution is -2.60. The van der Waals surface area contributed by atoms with Crippen LogP contribution in [0.3, 0.4) is 0 Å². The first-order valence-corrected chi connectivity index (χ1v) is 32.7. The number of carbonyl (C=O) groups is 10. The van der Waals surface area contributed by atoms with Crippen LogP contribution in [0.25, 0.3) is 0 Å². The van der Waals surface area contributed by atoms with Gasteiger partial charge >= 0.3 is 6.09 Å². The summed E-state index contributed by atoms with van der Waals surface area (Å²) in [6, 6.07) is -13.3. The summed E-state index contributed by atoms with van der Waals surface area (Å²) in [6.07, 6.45) is -2.66. The quantitative estimate of drug-likeness (QED) is 0.0153. The summed E-state index contributed by atoms with van der Waals surface area (Å²) in [5.74, 6) is -11.2. The lowest BCUT2D eigenvalue weighted by Gasteiger charge is -2.28. The van der Waals surface area contributed by atoms with Crippen LogP contribution in [0.15, 0.2) is 44.9 Å². The summed E-state index contributed by atoms with van der Waals surface area (Å²) in [5.41, 5.74) is 106. The average Bonchev–Trinajstić information content (AvgIpc) is 0.870. The molecule has 0 rings (SSSR count). The molecule has 0 saturated carbocycles.